The molecule has 0 aliphatic carbocycles. The number of sulfone groups is 1. The Morgan fingerprint density at radius 3 is 2.32 bits per heavy atom. The van der Waals surface area contributed by atoms with Gasteiger partial charge in [-0.05, 0) is 28.8 Å². The number of benzene rings is 2. The maximum Gasteiger partial charge on any atom is 0.179 e. The smallest absolute Gasteiger partial charge is 0.179 e. The van der Waals surface area contributed by atoms with Crippen molar-refractivity contribution in [3.8, 4) is 0 Å². The molecule has 0 aliphatic heterocycles. The fraction of sp³-hybridized carbons (Fsp3) is 0.333. The summed E-state index contributed by atoms with van der Waals surface area (Å²) in [6.45, 7) is 3.86. The van der Waals surface area contributed by atoms with Crippen molar-refractivity contribution in [2.75, 3.05) is 5.75 Å². The lowest BCUT2D eigenvalue weighted by atomic mass is 10.1. The summed E-state index contributed by atoms with van der Waals surface area (Å²) in [5.41, 5.74) is 5.87. The van der Waals surface area contributed by atoms with Gasteiger partial charge in [-0.3, -0.25) is 0 Å². The van der Waals surface area contributed by atoms with Crippen LogP contribution < -0.4 is 5.73 Å². The predicted octanol–water partition coefficient (Wildman–Crippen LogP) is 2.60. The molecule has 2 rings (SSSR count). The van der Waals surface area contributed by atoms with E-state index in [1.807, 2.05) is 44.2 Å². The summed E-state index contributed by atoms with van der Waals surface area (Å²) in [7, 11) is -3.32. The first-order chi connectivity index (χ1) is 8.90. The lowest BCUT2D eigenvalue weighted by Gasteiger charge is -2.15. The third-order valence-corrected chi connectivity index (χ3v) is 5.14. The van der Waals surface area contributed by atoms with Crippen LogP contribution in [0.2, 0.25) is 0 Å². The summed E-state index contributed by atoms with van der Waals surface area (Å²) in [6, 6.07) is 12.6. The maximum absolute atomic E-state index is 12.3. The van der Waals surface area contributed by atoms with Gasteiger partial charge in [-0.15, -0.1) is 0 Å². The Bertz CT molecular complexity index is 677. The SMILES string of the molecule is CC(C)C(N)CS(=O)(=O)c1ccc2ccccc2c1. The molecule has 2 aromatic carbocycles. The van der Waals surface area contributed by atoms with Gasteiger partial charge < -0.3 is 5.73 Å². The first-order valence-electron chi connectivity index (χ1n) is 6.37. The molecule has 0 spiro atoms. The standard InChI is InChI=1S/C15H19NO2S/c1-11(2)15(16)10-19(17,18)14-8-7-12-5-3-4-6-13(12)9-14/h3-9,11,15H,10,16H2,1-2H3. The molecule has 0 amide bonds. The van der Waals surface area contributed by atoms with Crippen LogP contribution in [0.25, 0.3) is 10.8 Å². The van der Waals surface area contributed by atoms with Gasteiger partial charge in [-0.25, -0.2) is 8.42 Å². The van der Waals surface area contributed by atoms with E-state index in [0.29, 0.717) is 4.90 Å². The summed E-state index contributed by atoms with van der Waals surface area (Å²) in [5.74, 6) is 0.137. The molecule has 102 valence electrons. The van der Waals surface area contributed by atoms with Gasteiger partial charge in [0.25, 0.3) is 0 Å². The Morgan fingerprint density at radius 2 is 1.68 bits per heavy atom. The summed E-state index contributed by atoms with van der Waals surface area (Å²) in [4.78, 5) is 0.349. The molecule has 3 nitrogen and oxygen atoms in total. The van der Waals surface area contributed by atoms with Gasteiger partial charge >= 0.3 is 0 Å². The van der Waals surface area contributed by atoms with Crippen molar-refractivity contribution < 1.29 is 8.42 Å². The van der Waals surface area contributed by atoms with E-state index in [4.69, 9.17) is 5.73 Å². The van der Waals surface area contributed by atoms with E-state index in [-0.39, 0.29) is 17.7 Å². The Kier molecular flexibility index (Phi) is 3.92. The van der Waals surface area contributed by atoms with Crippen LogP contribution in [-0.4, -0.2) is 20.2 Å². The highest BCUT2D eigenvalue weighted by molar-refractivity contribution is 7.91. The van der Waals surface area contributed by atoms with Gasteiger partial charge in [0.1, 0.15) is 0 Å². The predicted molar refractivity (Wildman–Crippen MR) is 78.8 cm³/mol. The number of fused-ring (bicyclic) bond motifs is 1. The molecule has 2 N–H and O–H groups in total. The van der Waals surface area contributed by atoms with Gasteiger partial charge in [-0.1, -0.05) is 44.2 Å². The molecule has 2 aromatic rings. The van der Waals surface area contributed by atoms with Crippen LogP contribution in [0, 0.1) is 5.92 Å². The number of hydrogen-bond donors (Lipinski definition) is 1. The molecule has 0 saturated heterocycles. The average molecular weight is 277 g/mol. The number of nitrogens with two attached hydrogens (primary N) is 1. The van der Waals surface area contributed by atoms with Gasteiger partial charge in [0.2, 0.25) is 0 Å². The minimum absolute atomic E-state index is 0.0109. The monoisotopic (exact) mass is 277 g/mol. The Morgan fingerprint density at radius 1 is 1.05 bits per heavy atom. The zero-order valence-electron chi connectivity index (χ0n) is 11.2. The van der Waals surface area contributed by atoms with Crippen LogP contribution in [0.1, 0.15) is 13.8 Å². The van der Waals surface area contributed by atoms with Crippen molar-refractivity contribution in [1.82, 2.24) is 0 Å². The Hall–Kier alpha value is -1.39. The highest BCUT2D eigenvalue weighted by Crippen LogP contribution is 2.20. The molecule has 0 radical (unpaired) electrons. The van der Waals surface area contributed by atoms with Gasteiger partial charge in [0, 0.05) is 6.04 Å². The Balaban J connectivity index is 2.38. The zero-order chi connectivity index (χ0) is 14.0. The highest BCUT2D eigenvalue weighted by atomic mass is 32.2. The molecule has 0 bridgehead atoms. The average Bonchev–Trinajstić information content (AvgIpc) is 2.37. The van der Waals surface area contributed by atoms with E-state index in [1.165, 1.54) is 0 Å². The van der Waals surface area contributed by atoms with Crippen LogP contribution in [0.4, 0.5) is 0 Å². The number of hydrogen-bond acceptors (Lipinski definition) is 3. The summed E-state index contributed by atoms with van der Waals surface area (Å²) in [6.07, 6.45) is 0. The molecule has 0 saturated carbocycles. The highest BCUT2D eigenvalue weighted by Gasteiger charge is 2.20. The first-order valence-corrected chi connectivity index (χ1v) is 8.02. The van der Waals surface area contributed by atoms with Crippen molar-refractivity contribution in [2.24, 2.45) is 11.7 Å². The van der Waals surface area contributed by atoms with Crippen molar-refractivity contribution in [1.29, 1.82) is 0 Å². The van der Waals surface area contributed by atoms with E-state index < -0.39 is 9.84 Å². The molecule has 1 unspecified atom stereocenters. The zero-order valence-corrected chi connectivity index (χ0v) is 12.0. The van der Waals surface area contributed by atoms with Crippen LogP contribution in [0.15, 0.2) is 47.4 Å². The van der Waals surface area contributed by atoms with E-state index in [1.54, 1.807) is 12.1 Å². The molecule has 19 heavy (non-hydrogen) atoms. The first kappa shape index (κ1) is 14.0. The second-order valence-corrected chi connectivity index (χ2v) is 7.23. The maximum atomic E-state index is 12.3. The molecule has 0 heterocycles. The summed E-state index contributed by atoms with van der Waals surface area (Å²) < 4.78 is 24.6. The second kappa shape index (κ2) is 5.31. The molecular weight excluding hydrogens is 258 g/mol. The van der Waals surface area contributed by atoms with Gasteiger partial charge in [0.15, 0.2) is 9.84 Å². The normalized spacial score (nSPS) is 13.9. The van der Waals surface area contributed by atoms with E-state index in [0.717, 1.165) is 10.8 Å². The minimum atomic E-state index is -3.32. The molecule has 0 aliphatic rings. The molecule has 1 atom stereocenters. The molecule has 4 heteroatoms. The van der Waals surface area contributed by atoms with Crippen LogP contribution in [0.5, 0.6) is 0 Å². The van der Waals surface area contributed by atoms with Crippen molar-refractivity contribution in [3.63, 3.8) is 0 Å². The van der Waals surface area contributed by atoms with Crippen molar-refractivity contribution in [3.05, 3.63) is 42.5 Å². The van der Waals surface area contributed by atoms with Gasteiger partial charge in [-0.2, -0.15) is 0 Å². The van der Waals surface area contributed by atoms with Crippen LogP contribution in [-0.2, 0) is 9.84 Å². The van der Waals surface area contributed by atoms with E-state index in [2.05, 4.69) is 0 Å². The third-order valence-electron chi connectivity index (χ3n) is 3.35. The van der Waals surface area contributed by atoms with Crippen LogP contribution >= 0.6 is 0 Å². The van der Waals surface area contributed by atoms with Crippen molar-refractivity contribution >= 4 is 20.6 Å². The largest absolute Gasteiger partial charge is 0.327 e. The van der Waals surface area contributed by atoms with Crippen LogP contribution in [0.3, 0.4) is 0 Å². The topological polar surface area (TPSA) is 60.2 Å². The summed E-state index contributed by atoms with van der Waals surface area (Å²) >= 11 is 0. The quantitative estimate of drug-likeness (QED) is 0.934. The fourth-order valence-corrected chi connectivity index (χ4v) is 3.57. The van der Waals surface area contributed by atoms with Gasteiger partial charge in [0.05, 0.1) is 10.6 Å². The third kappa shape index (κ3) is 3.14. The molecule has 0 aromatic heterocycles. The number of rotatable bonds is 4. The Labute approximate surface area is 114 Å². The fourth-order valence-electron chi connectivity index (χ4n) is 1.90. The second-order valence-electron chi connectivity index (χ2n) is 5.20. The minimum Gasteiger partial charge on any atom is -0.327 e. The van der Waals surface area contributed by atoms with Crippen molar-refractivity contribution in [2.45, 2.75) is 24.8 Å². The lowest BCUT2D eigenvalue weighted by molar-refractivity contribution is 0.516. The molecular formula is C15H19NO2S. The summed E-state index contributed by atoms with van der Waals surface area (Å²) in [5, 5.41) is 1.97. The lowest BCUT2D eigenvalue weighted by Crippen LogP contribution is -2.34. The van der Waals surface area contributed by atoms with E-state index in [9.17, 15) is 8.42 Å². The van der Waals surface area contributed by atoms with E-state index >= 15 is 0 Å². The molecule has 0 fully saturated rings.